The van der Waals surface area contributed by atoms with E-state index in [9.17, 15) is 14.4 Å². The number of carbonyl (C=O) groups is 3. The minimum absolute atomic E-state index is 0.0825. The van der Waals surface area contributed by atoms with Crippen molar-refractivity contribution in [3.05, 3.63) is 23.2 Å². The SMILES string of the molecule is CCCC(=O)NCC(=O)N(C)Cc1cc(C(=O)O)c(C)o1. The maximum Gasteiger partial charge on any atom is 0.339 e. The number of nitrogens with zero attached hydrogens (tertiary/aromatic N) is 1. The van der Waals surface area contributed by atoms with Crippen molar-refractivity contribution in [2.24, 2.45) is 0 Å². The summed E-state index contributed by atoms with van der Waals surface area (Å²) in [7, 11) is 1.56. The number of rotatable bonds is 7. The first-order valence-electron chi connectivity index (χ1n) is 6.68. The maximum absolute atomic E-state index is 11.8. The Morgan fingerprint density at radius 3 is 2.57 bits per heavy atom. The lowest BCUT2D eigenvalue weighted by Gasteiger charge is -2.16. The van der Waals surface area contributed by atoms with Crippen LogP contribution >= 0.6 is 0 Å². The summed E-state index contributed by atoms with van der Waals surface area (Å²) >= 11 is 0. The molecule has 0 saturated heterocycles. The Morgan fingerprint density at radius 1 is 1.38 bits per heavy atom. The van der Waals surface area contributed by atoms with Gasteiger partial charge in [-0.25, -0.2) is 4.79 Å². The number of hydrogen-bond acceptors (Lipinski definition) is 4. The highest BCUT2D eigenvalue weighted by molar-refractivity contribution is 5.89. The van der Waals surface area contributed by atoms with Gasteiger partial charge in [0.2, 0.25) is 11.8 Å². The maximum atomic E-state index is 11.8. The van der Waals surface area contributed by atoms with E-state index >= 15 is 0 Å². The van der Waals surface area contributed by atoms with Crippen LogP contribution in [0.5, 0.6) is 0 Å². The van der Waals surface area contributed by atoms with Gasteiger partial charge in [0.25, 0.3) is 0 Å². The topological polar surface area (TPSA) is 99.9 Å². The molecule has 116 valence electrons. The third kappa shape index (κ3) is 4.94. The summed E-state index contributed by atoms with van der Waals surface area (Å²) in [5.41, 5.74) is 0.0853. The molecule has 0 saturated carbocycles. The number of furan rings is 1. The van der Waals surface area contributed by atoms with Crippen LogP contribution in [-0.2, 0) is 16.1 Å². The van der Waals surface area contributed by atoms with Crippen molar-refractivity contribution in [3.8, 4) is 0 Å². The summed E-state index contributed by atoms with van der Waals surface area (Å²) in [5, 5.41) is 11.5. The molecule has 2 amide bonds. The molecule has 0 aliphatic carbocycles. The van der Waals surface area contributed by atoms with Crippen LogP contribution in [0, 0.1) is 6.92 Å². The Hall–Kier alpha value is -2.31. The van der Waals surface area contributed by atoms with Gasteiger partial charge in [0.15, 0.2) is 0 Å². The predicted octanol–water partition coefficient (Wildman–Crippen LogP) is 1.16. The third-order valence-electron chi connectivity index (χ3n) is 2.93. The Morgan fingerprint density at radius 2 is 2.05 bits per heavy atom. The van der Waals surface area contributed by atoms with Gasteiger partial charge in [-0.15, -0.1) is 0 Å². The van der Waals surface area contributed by atoms with Crippen LogP contribution in [-0.4, -0.2) is 41.4 Å². The van der Waals surface area contributed by atoms with E-state index in [0.29, 0.717) is 17.9 Å². The van der Waals surface area contributed by atoms with Crippen molar-refractivity contribution in [2.75, 3.05) is 13.6 Å². The highest BCUT2D eigenvalue weighted by Gasteiger charge is 2.17. The van der Waals surface area contributed by atoms with E-state index in [0.717, 1.165) is 6.42 Å². The van der Waals surface area contributed by atoms with E-state index < -0.39 is 5.97 Å². The fourth-order valence-electron chi connectivity index (χ4n) is 1.78. The number of carboxylic acids is 1. The largest absolute Gasteiger partial charge is 0.478 e. The second-order valence-corrected chi connectivity index (χ2v) is 4.76. The van der Waals surface area contributed by atoms with E-state index in [1.807, 2.05) is 6.92 Å². The van der Waals surface area contributed by atoms with Crippen molar-refractivity contribution in [1.82, 2.24) is 10.2 Å². The van der Waals surface area contributed by atoms with Crippen molar-refractivity contribution >= 4 is 17.8 Å². The second-order valence-electron chi connectivity index (χ2n) is 4.76. The molecule has 1 aromatic rings. The number of carbonyl (C=O) groups excluding carboxylic acids is 2. The molecule has 0 aliphatic heterocycles. The Balaban J connectivity index is 2.54. The van der Waals surface area contributed by atoms with E-state index in [1.54, 1.807) is 14.0 Å². The zero-order valence-electron chi connectivity index (χ0n) is 12.4. The molecule has 2 N–H and O–H groups in total. The molecule has 0 aliphatic rings. The summed E-state index contributed by atoms with van der Waals surface area (Å²) in [5.74, 6) is -0.815. The van der Waals surface area contributed by atoms with Gasteiger partial charge in [-0.1, -0.05) is 6.92 Å². The van der Waals surface area contributed by atoms with Gasteiger partial charge in [0.1, 0.15) is 17.1 Å². The molecule has 0 unspecified atom stereocenters. The molecular formula is C14H20N2O5. The van der Waals surface area contributed by atoms with Gasteiger partial charge in [-0.3, -0.25) is 9.59 Å². The number of nitrogens with one attached hydrogen (secondary N) is 1. The van der Waals surface area contributed by atoms with Gasteiger partial charge in [-0.2, -0.15) is 0 Å². The molecule has 0 atom stereocenters. The predicted molar refractivity (Wildman–Crippen MR) is 74.8 cm³/mol. The Bertz CT molecular complexity index is 535. The normalized spacial score (nSPS) is 10.2. The van der Waals surface area contributed by atoms with Gasteiger partial charge < -0.3 is 19.7 Å². The Kier molecular flexibility index (Phi) is 5.95. The molecule has 21 heavy (non-hydrogen) atoms. The number of hydrogen-bond donors (Lipinski definition) is 2. The van der Waals surface area contributed by atoms with Crippen LogP contribution in [0.2, 0.25) is 0 Å². The molecule has 7 heteroatoms. The van der Waals surface area contributed by atoms with Gasteiger partial charge in [0, 0.05) is 13.5 Å². The van der Waals surface area contributed by atoms with Crippen LogP contribution in [0.25, 0.3) is 0 Å². The first-order valence-corrected chi connectivity index (χ1v) is 6.68. The summed E-state index contributed by atoms with van der Waals surface area (Å²) < 4.78 is 5.30. The van der Waals surface area contributed by atoms with Gasteiger partial charge >= 0.3 is 5.97 Å². The van der Waals surface area contributed by atoms with Crippen LogP contribution in [0.1, 0.15) is 41.6 Å². The molecule has 1 aromatic heterocycles. The van der Waals surface area contributed by atoms with Crippen molar-refractivity contribution in [1.29, 1.82) is 0 Å². The summed E-state index contributed by atoms with van der Waals surface area (Å²) in [4.78, 5) is 35.4. The first kappa shape index (κ1) is 16.7. The van der Waals surface area contributed by atoms with Gasteiger partial charge in [0.05, 0.1) is 13.1 Å². The van der Waals surface area contributed by atoms with E-state index in [1.165, 1.54) is 11.0 Å². The molecule has 1 heterocycles. The lowest BCUT2D eigenvalue weighted by Crippen LogP contribution is -2.37. The van der Waals surface area contributed by atoms with Gasteiger partial charge in [-0.05, 0) is 19.4 Å². The lowest BCUT2D eigenvalue weighted by molar-refractivity contribution is -0.132. The average Bonchev–Trinajstić information content (AvgIpc) is 2.77. The Labute approximate surface area is 122 Å². The molecule has 0 aromatic carbocycles. The van der Waals surface area contributed by atoms with E-state index in [2.05, 4.69) is 5.32 Å². The minimum atomic E-state index is -1.07. The molecular weight excluding hydrogens is 276 g/mol. The average molecular weight is 296 g/mol. The van der Waals surface area contributed by atoms with Crippen LogP contribution in [0.15, 0.2) is 10.5 Å². The second kappa shape index (κ2) is 7.47. The minimum Gasteiger partial charge on any atom is -0.478 e. The fourth-order valence-corrected chi connectivity index (χ4v) is 1.78. The zero-order valence-corrected chi connectivity index (χ0v) is 12.4. The van der Waals surface area contributed by atoms with E-state index in [-0.39, 0.29) is 30.5 Å². The standard InChI is InChI=1S/C14H20N2O5/c1-4-5-12(17)15-7-13(18)16(3)8-10-6-11(14(19)20)9(2)21-10/h6H,4-5,7-8H2,1-3H3,(H,15,17)(H,19,20). The molecule has 7 nitrogen and oxygen atoms in total. The number of aromatic carboxylic acids is 1. The molecule has 0 radical (unpaired) electrons. The fraction of sp³-hybridized carbons (Fsp3) is 0.500. The lowest BCUT2D eigenvalue weighted by atomic mass is 10.2. The van der Waals surface area contributed by atoms with Crippen LogP contribution < -0.4 is 5.32 Å². The van der Waals surface area contributed by atoms with Crippen molar-refractivity contribution in [3.63, 3.8) is 0 Å². The molecule has 0 spiro atoms. The highest BCUT2D eigenvalue weighted by Crippen LogP contribution is 2.15. The number of amides is 2. The number of likely N-dealkylation sites (N-methyl/N-ethyl adjacent to an activating group) is 1. The molecule has 0 bridgehead atoms. The quantitative estimate of drug-likeness (QED) is 0.786. The third-order valence-corrected chi connectivity index (χ3v) is 2.93. The number of aryl methyl sites for hydroxylation is 1. The smallest absolute Gasteiger partial charge is 0.339 e. The van der Waals surface area contributed by atoms with Crippen molar-refractivity contribution in [2.45, 2.75) is 33.2 Å². The summed E-state index contributed by atoms with van der Waals surface area (Å²) in [6, 6.07) is 1.40. The van der Waals surface area contributed by atoms with Crippen LogP contribution in [0.4, 0.5) is 0 Å². The van der Waals surface area contributed by atoms with Crippen molar-refractivity contribution < 1.29 is 23.9 Å². The summed E-state index contributed by atoms with van der Waals surface area (Å²) in [6.07, 6.45) is 1.11. The first-order chi connectivity index (χ1) is 9.85. The molecule has 0 fully saturated rings. The monoisotopic (exact) mass is 296 g/mol. The number of carboxylic acid groups (broad SMARTS) is 1. The zero-order chi connectivity index (χ0) is 16.0. The van der Waals surface area contributed by atoms with E-state index in [4.69, 9.17) is 9.52 Å². The summed E-state index contributed by atoms with van der Waals surface area (Å²) in [6.45, 7) is 3.50. The highest BCUT2D eigenvalue weighted by atomic mass is 16.4. The van der Waals surface area contributed by atoms with Crippen LogP contribution in [0.3, 0.4) is 0 Å². The molecule has 1 rings (SSSR count).